The molecule has 0 spiro atoms. The van der Waals surface area contributed by atoms with Gasteiger partial charge in [0, 0.05) is 6.20 Å². The van der Waals surface area contributed by atoms with Crippen LogP contribution in [-0.2, 0) is 6.42 Å². The van der Waals surface area contributed by atoms with Crippen molar-refractivity contribution < 1.29 is 9.21 Å². The monoisotopic (exact) mass is 227 g/mol. The van der Waals surface area contributed by atoms with E-state index in [4.69, 9.17) is 4.42 Å². The van der Waals surface area contributed by atoms with E-state index in [0.29, 0.717) is 5.76 Å². The number of furan rings is 1. The van der Waals surface area contributed by atoms with Crippen LogP contribution in [0.4, 0.5) is 0 Å². The number of nitrogens with zero attached hydrogens (tertiary/aromatic N) is 1. The van der Waals surface area contributed by atoms with Crippen LogP contribution in [0.1, 0.15) is 39.9 Å². The summed E-state index contributed by atoms with van der Waals surface area (Å²) >= 11 is 0. The smallest absolute Gasteiger partial charge is 0.207 e. The lowest BCUT2D eigenvalue weighted by Crippen LogP contribution is -2.10. The molecule has 0 bridgehead atoms. The molecule has 0 aliphatic heterocycles. The number of carbonyl (C=O) groups excluding carboxylic acids is 1. The Bertz CT molecular complexity index is 571. The minimum atomic E-state index is -0.128. The van der Waals surface area contributed by atoms with Crippen molar-refractivity contribution in [3.05, 3.63) is 53.2 Å². The third-order valence-corrected chi connectivity index (χ3v) is 3.26. The van der Waals surface area contributed by atoms with Gasteiger partial charge in [0.1, 0.15) is 5.76 Å². The molecular weight excluding hydrogens is 214 g/mol. The van der Waals surface area contributed by atoms with Crippen molar-refractivity contribution in [2.24, 2.45) is 0 Å². The van der Waals surface area contributed by atoms with Crippen LogP contribution in [0.25, 0.3) is 0 Å². The van der Waals surface area contributed by atoms with E-state index in [1.807, 2.05) is 25.1 Å². The van der Waals surface area contributed by atoms with Gasteiger partial charge in [-0.15, -0.1) is 0 Å². The third kappa shape index (κ3) is 1.68. The fourth-order valence-corrected chi connectivity index (χ4v) is 2.41. The molecule has 1 aliphatic rings. The summed E-state index contributed by atoms with van der Waals surface area (Å²) in [6.45, 7) is 1.84. The summed E-state index contributed by atoms with van der Waals surface area (Å²) in [6, 6.07) is 7.53. The van der Waals surface area contributed by atoms with Crippen molar-refractivity contribution in [1.82, 2.24) is 4.98 Å². The van der Waals surface area contributed by atoms with Gasteiger partial charge in [0.15, 0.2) is 5.76 Å². The highest BCUT2D eigenvalue weighted by Gasteiger charge is 2.31. The van der Waals surface area contributed by atoms with Crippen molar-refractivity contribution in [2.75, 3.05) is 0 Å². The van der Waals surface area contributed by atoms with E-state index in [0.717, 1.165) is 24.3 Å². The van der Waals surface area contributed by atoms with Crippen molar-refractivity contribution in [1.29, 1.82) is 0 Å². The molecule has 1 atom stereocenters. The molecule has 0 N–H and O–H groups in total. The average Bonchev–Trinajstić information content (AvgIpc) is 2.94. The van der Waals surface area contributed by atoms with Crippen molar-refractivity contribution >= 4 is 5.78 Å². The van der Waals surface area contributed by atoms with Gasteiger partial charge in [-0.1, -0.05) is 6.07 Å². The highest BCUT2D eigenvalue weighted by atomic mass is 16.3. The summed E-state index contributed by atoms with van der Waals surface area (Å²) in [5.74, 6) is 1.14. The number of rotatable bonds is 2. The van der Waals surface area contributed by atoms with Gasteiger partial charge in [0.05, 0.1) is 11.6 Å². The Morgan fingerprint density at radius 2 is 2.29 bits per heavy atom. The number of Topliss-reactive ketones (excluding diaryl/α,β-unsaturated/α-hetero) is 1. The van der Waals surface area contributed by atoms with Crippen LogP contribution in [0.15, 0.2) is 34.9 Å². The predicted octanol–water partition coefficient (Wildman–Crippen LogP) is 2.90. The van der Waals surface area contributed by atoms with E-state index in [2.05, 4.69) is 4.98 Å². The first-order valence-electron chi connectivity index (χ1n) is 5.80. The summed E-state index contributed by atoms with van der Waals surface area (Å²) in [5.41, 5.74) is 2.11. The van der Waals surface area contributed by atoms with Crippen LogP contribution in [-0.4, -0.2) is 10.8 Å². The van der Waals surface area contributed by atoms with Gasteiger partial charge >= 0.3 is 0 Å². The molecule has 0 radical (unpaired) electrons. The van der Waals surface area contributed by atoms with Crippen LogP contribution in [0.3, 0.4) is 0 Å². The second-order valence-corrected chi connectivity index (χ2v) is 4.41. The van der Waals surface area contributed by atoms with Crippen molar-refractivity contribution in [3.8, 4) is 0 Å². The first kappa shape index (κ1) is 10.3. The van der Waals surface area contributed by atoms with Gasteiger partial charge in [-0.25, -0.2) is 0 Å². The largest absolute Gasteiger partial charge is 0.458 e. The molecule has 1 aliphatic carbocycles. The highest BCUT2D eigenvalue weighted by molar-refractivity contribution is 5.99. The van der Waals surface area contributed by atoms with Crippen LogP contribution >= 0.6 is 0 Å². The Morgan fingerprint density at radius 3 is 3.06 bits per heavy atom. The molecule has 3 rings (SSSR count). The Kier molecular flexibility index (Phi) is 2.32. The summed E-state index contributed by atoms with van der Waals surface area (Å²) in [6.07, 6.45) is 3.52. The normalized spacial score (nSPS) is 18.1. The molecule has 3 nitrogen and oxygen atoms in total. The molecule has 0 fully saturated rings. The Morgan fingerprint density at radius 1 is 1.41 bits per heavy atom. The summed E-state index contributed by atoms with van der Waals surface area (Å²) < 4.78 is 5.40. The van der Waals surface area contributed by atoms with E-state index in [1.54, 1.807) is 12.3 Å². The van der Waals surface area contributed by atoms with Crippen LogP contribution in [0.5, 0.6) is 0 Å². The Balaban J connectivity index is 1.95. The number of hydrogen-bond donors (Lipinski definition) is 0. The molecule has 0 amide bonds. The van der Waals surface area contributed by atoms with E-state index < -0.39 is 0 Å². The third-order valence-electron chi connectivity index (χ3n) is 3.26. The number of aromatic nitrogens is 1. The maximum Gasteiger partial charge on any atom is 0.207 e. The molecule has 1 unspecified atom stereocenters. The zero-order valence-electron chi connectivity index (χ0n) is 9.64. The van der Waals surface area contributed by atoms with Crippen molar-refractivity contribution in [2.45, 2.75) is 25.7 Å². The zero-order chi connectivity index (χ0) is 11.8. The molecule has 17 heavy (non-hydrogen) atoms. The lowest BCUT2D eigenvalue weighted by molar-refractivity contribution is 0.0929. The van der Waals surface area contributed by atoms with Crippen molar-refractivity contribution in [3.63, 3.8) is 0 Å². The lowest BCUT2D eigenvalue weighted by Gasteiger charge is -2.06. The van der Waals surface area contributed by atoms with Gasteiger partial charge in [-0.2, -0.15) is 0 Å². The number of carbonyl (C=O) groups is 1. The molecule has 2 aromatic rings. The lowest BCUT2D eigenvalue weighted by atomic mass is 9.99. The molecule has 0 aromatic carbocycles. The van der Waals surface area contributed by atoms with Gasteiger partial charge < -0.3 is 4.42 Å². The zero-order valence-corrected chi connectivity index (χ0v) is 9.64. The number of ketones is 1. The fraction of sp³-hybridized carbons (Fsp3) is 0.286. The predicted molar refractivity (Wildman–Crippen MR) is 63.1 cm³/mol. The SMILES string of the molecule is Cc1ccc(C(=O)C2CCc3cccnc32)o1. The van der Waals surface area contributed by atoms with Crippen LogP contribution in [0.2, 0.25) is 0 Å². The number of aryl methyl sites for hydroxylation is 2. The average molecular weight is 227 g/mol. The molecular formula is C14H13NO2. The molecule has 0 saturated carbocycles. The second-order valence-electron chi connectivity index (χ2n) is 4.41. The molecule has 86 valence electrons. The molecule has 0 saturated heterocycles. The summed E-state index contributed by atoms with van der Waals surface area (Å²) in [4.78, 5) is 16.6. The van der Waals surface area contributed by atoms with E-state index >= 15 is 0 Å². The first-order chi connectivity index (χ1) is 8.25. The van der Waals surface area contributed by atoms with E-state index in [-0.39, 0.29) is 11.7 Å². The summed E-state index contributed by atoms with van der Waals surface area (Å²) in [5, 5.41) is 0. The molecule has 3 heteroatoms. The number of hydrogen-bond acceptors (Lipinski definition) is 3. The second kappa shape index (κ2) is 3.84. The highest BCUT2D eigenvalue weighted by Crippen LogP contribution is 2.33. The molecule has 2 heterocycles. The molecule has 2 aromatic heterocycles. The number of fused-ring (bicyclic) bond motifs is 1. The minimum Gasteiger partial charge on any atom is -0.458 e. The first-order valence-corrected chi connectivity index (χ1v) is 5.80. The maximum absolute atomic E-state index is 12.3. The van der Waals surface area contributed by atoms with E-state index in [9.17, 15) is 4.79 Å². The standard InChI is InChI=1S/C14H13NO2/c1-9-4-7-12(17-9)14(16)11-6-5-10-3-2-8-15-13(10)11/h2-4,7-8,11H,5-6H2,1H3. The Labute approximate surface area is 99.5 Å². The van der Waals surface area contributed by atoms with Gasteiger partial charge in [0.25, 0.3) is 0 Å². The summed E-state index contributed by atoms with van der Waals surface area (Å²) in [7, 11) is 0. The quantitative estimate of drug-likeness (QED) is 0.741. The maximum atomic E-state index is 12.3. The fourth-order valence-electron chi connectivity index (χ4n) is 2.41. The van der Waals surface area contributed by atoms with E-state index in [1.165, 1.54) is 5.56 Å². The van der Waals surface area contributed by atoms with Crippen LogP contribution in [0, 0.1) is 6.92 Å². The van der Waals surface area contributed by atoms with Crippen LogP contribution < -0.4 is 0 Å². The van der Waals surface area contributed by atoms with Gasteiger partial charge in [-0.3, -0.25) is 9.78 Å². The number of pyridine rings is 1. The Hall–Kier alpha value is -1.90. The van der Waals surface area contributed by atoms with Gasteiger partial charge in [0.2, 0.25) is 5.78 Å². The van der Waals surface area contributed by atoms with Gasteiger partial charge in [-0.05, 0) is 43.5 Å². The topological polar surface area (TPSA) is 43.1 Å². The minimum absolute atomic E-state index is 0.0514.